The second-order valence-electron chi connectivity index (χ2n) is 6.00. The van der Waals surface area contributed by atoms with Gasteiger partial charge in [0, 0.05) is 4.88 Å². The number of aryl methyl sites for hydroxylation is 1. The molecule has 1 aliphatic carbocycles. The molecule has 0 atom stereocenters. The van der Waals surface area contributed by atoms with Crippen LogP contribution in [-0.4, -0.2) is 24.4 Å². The molecule has 0 bridgehead atoms. The largest absolute Gasteiger partial charge is 0.452 e. The highest BCUT2D eigenvalue weighted by Crippen LogP contribution is 2.37. The first-order valence-corrected chi connectivity index (χ1v) is 9.81. The van der Waals surface area contributed by atoms with Gasteiger partial charge in [-0.3, -0.25) is 9.59 Å². The molecule has 1 aliphatic rings. The lowest BCUT2D eigenvalue weighted by atomic mass is 9.95. The van der Waals surface area contributed by atoms with Crippen molar-refractivity contribution in [3.63, 3.8) is 0 Å². The average Bonchev–Trinajstić information content (AvgIpc) is 2.97. The van der Waals surface area contributed by atoms with Crippen molar-refractivity contribution < 1.29 is 19.1 Å². The summed E-state index contributed by atoms with van der Waals surface area (Å²) in [7, 11) is 0. The van der Waals surface area contributed by atoms with Gasteiger partial charge in [-0.05, 0) is 43.4 Å². The average molecular weight is 427 g/mol. The predicted octanol–water partition coefficient (Wildman–Crippen LogP) is 3.83. The van der Waals surface area contributed by atoms with E-state index in [-0.39, 0.29) is 15.6 Å². The molecule has 0 aliphatic heterocycles. The minimum Gasteiger partial charge on any atom is -0.452 e. The molecule has 2 aromatic rings. The number of carbonyl (C=O) groups is 3. The Morgan fingerprint density at radius 2 is 1.78 bits per heavy atom. The molecule has 27 heavy (non-hydrogen) atoms. The van der Waals surface area contributed by atoms with E-state index >= 15 is 0 Å². The summed E-state index contributed by atoms with van der Waals surface area (Å²) in [5.74, 6) is -1.96. The summed E-state index contributed by atoms with van der Waals surface area (Å²) < 4.78 is 4.99. The maximum Gasteiger partial charge on any atom is 0.341 e. The summed E-state index contributed by atoms with van der Waals surface area (Å²) in [6, 6.07) is 4.59. The quantitative estimate of drug-likeness (QED) is 0.709. The van der Waals surface area contributed by atoms with Crippen molar-refractivity contribution in [2.75, 3.05) is 11.9 Å². The molecule has 3 N–H and O–H groups in total. The third-order valence-electron chi connectivity index (χ3n) is 4.17. The number of thiophene rings is 1. The zero-order valence-electron chi connectivity index (χ0n) is 14.1. The first-order chi connectivity index (χ1) is 12.9. The van der Waals surface area contributed by atoms with Crippen LogP contribution < -0.4 is 11.1 Å². The number of hydrogen-bond acceptors (Lipinski definition) is 5. The number of hydrogen-bond donors (Lipinski definition) is 2. The molecule has 0 saturated heterocycles. The van der Waals surface area contributed by atoms with Gasteiger partial charge in [-0.15, -0.1) is 11.3 Å². The maximum absolute atomic E-state index is 12.2. The number of carbonyl (C=O) groups excluding carboxylic acids is 3. The summed E-state index contributed by atoms with van der Waals surface area (Å²) in [5, 5.41) is 3.28. The van der Waals surface area contributed by atoms with Crippen LogP contribution in [0.2, 0.25) is 10.0 Å². The first-order valence-electron chi connectivity index (χ1n) is 8.23. The smallest absolute Gasteiger partial charge is 0.341 e. The Bertz CT molecular complexity index is 906. The fraction of sp³-hybridized carbons (Fsp3) is 0.278. The van der Waals surface area contributed by atoms with Crippen LogP contribution in [0, 0.1) is 0 Å². The van der Waals surface area contributed by atoms with E-state index in [4.69, 9.17) is 33.7 Å². The van der Waals surface area contributed by atoms with Crippen molar-refractivity contribution >= 4 is 57.3 Å². The zero-order valence-corrected chi connectivity index (χ0v) is 16.5. The number of amides is 2. The summed E-state index contributed by atoms with van der Waals surface area (Å²) in [6.45, 7) is -0.541. The molecule has 0 spiro atoms. The number of anilines is 1. The van der Waals surface area contributed by atoms with Crippen LogP contribution in [0.15, 0.2) is 18.2 Å². The number of nitrogens with two attached hydrogens (primary N) is 1. The van der Waals surface area contributed by atoms with Gasteiger partial charge in [0.25, 0.3) is 11.8 Å². The second kappa shape index (κ2) is 8.29. The van der Waals surface area contributed by atoms with Gasteiger partial charge in [-0.25, -0.2) is 4.79 Å². The minimum absolute atomic E-state index is 0.00181. The molecule has 3 rings (SSSR count). The van der Waals surface area contributed by atoms with Crippen LogP contribution in [-0.2, 0) is 22.4 Å². The number of rotatable bonds is 5. The summed E-state index contributed by atoms with van der Waals surface area (Å²) in [4.78, 5) is 37.2. The van der Waals surface area contributed by atoms with E-state index in [2.05, 4.69) is 5.32 Å². The molecule has 1 heterocycles. The Labute approximate surface area is 169 Å². The van der Waals surface area contributed by atoms with Crippen LogP contribution in [0.25, 0.3) is 0 Å². The topological polar surface area (TPSA) is 98.5 Å². The van der Waals surface area contributed by atoms with E-state index < -0.39 is 24.4 Å². The number of nitrogens with one attached hydrogen (secondary N) is 1. The summed E-state index contributed by atoms with van der Waals surface area (Å²) >= 11 is 13.2. The zero-order chi connectivity index (χ0) is 19.6. The normalized spacial score (nSPS) is 13.0. The first kappa shape index (κ1) is 19.7. The van der Waals surface area contributed by atoms with E-state index in [1.807, 2.05) is 0 Å². The van der Waals surface area contributed by atoms with Crippen LogP contribution in [0.4, 0.5) is 5.00 Å². The number of halogens is 2. The van der Waals surface area contributed by atoms with Gasteiger partial charge in [0.1, 0.15) is 5.00 Å². The molecule has 9 heteroatoms. The maximum atomic E-state index is 12.2. The van der Waals surface area contributed by atoms with Gasteiger partial charge in [-0.1, -0.05) is 29.3 Å². The van der Waals surface area contributed by atoms with Gasteiger partial charge >= 0.3 is 5.97 Å². The monoisotopic (exact) mass is 426 g/mol. The number of fused-ring (bicyclic) bond motifs is 1. The van der Waals surface area contributed by atoms with E-state index in [9.17, 15) is 14.4 Å². The lowest BCUT2D eigenvalue weighted by Crippen LogP contribution is -2.23. The molecule has 0 unspecified atom stereocenters. The molecular formula is C18H16Cl2N2O4S. The van der Waals surface area contributed by atoms with E-state index in [1.165, 1.54) is 23.5 Å². The molecule has 0 fully saturated rings. The van der Waals surface area contributed by atoms with Crippen molar-refractivity contribution in [3.05, 3.63) is 49.8 Å². The number of primary amides is 1. The Kier molecular flexibility index (Phi) is 6.04. The number of benzene rings is 1. The van der Waals surface area contributed by atoms with Gasteiger partial charge in [0.15, 0.2) is 6.61 Å². The highest BCUT2D eigenvalue weighted by atomic mass is 35.5. The number of esters is 1. The molecule has 1 aromatic heterocycles. The Hall–Kier alpha value is -2.09. The Balaban J connectivity index is 1.69. The van der Waals surface area contributed by atoms with Gasteiger partial charge in [0.2, 0.25) is 0 Å². The lowest BCUT2D eigenvalue weighted by Gasteiger charge is -2.11. The lowest BCUT2D eigenvalue weighted by molar-refractivity contribution is -0.119. The van der Waals surface area contributed by atoms with Crippen molar-refractivity contribution in [1.29, 1.82) is 0 Å². The van der Waals surface area contributed by atoms with Crippen molar-refractivity contribution in [2.45, 2.75) is 25.7 Å². The van der Waals surface area contributed by atoms with Gasteiger partial charge in [0.05, 0.1) is 21.2 Å². The van der Waals surface area contributed by atoms with E-state index in [0.717, 1.165) is 36.1 Å². The van der Waals surface area contributed by atoms with Crippen LogP contribution >= 0.6 is 34.5 Å². The van der Waals surface area contributed by atoms with Crippen molar-refractivity contribution in [1.82, 2.24) is 0 Å². The molecule has 6 nitrogen and oxygen atoms in total. The van der Waals surface area contributed by atoms with Crippen LogP contribution in [0.1, 0.15) is 44.0 Å². The Morgan fingerprint density at radius 3 is 2.44 bits per heavy atom. The van der Waals surface area contributed by atoms with Gasteiger partial charge in [-0.2, -0.15) is 0 Å². The third-order valence-corrected chi connectivity index (χ3v) is 6.01. The van der Waals surface area contributed by atoms with Crippen LogP contribution in [0.5, 0.6) is 0 Å². The van der Waals surface area contributed by atoms with E-state index in [1.54, 1.807) is 6.07 Å². The predicted molar refractivity (Wildman–Crippen MR) is 105 cm³/mol. The fourth-order valence-electron chi connectivity index (χ4n) is 2.97. The molecule has 142 valence electrons. The van der Waals surface area contributed by atoms with Crippen molar-refractivity contribution in [3.8, 4) is 0 Å². The Morgan fingerprint density at radius 1 is 1.11 bits per heavy atom. The third kappa shape index (κ3) is 4.26. The highest BCUT2D eigenvalue weighted by molar-refractivity contribution is 7.17. The molecule has 0 radical (unpaired) electrons. The molecular weight excluding hydrogens is 411 g/mol. The summed E-state index contributed by atoms with van der Waals surface area (Å²) in [6.07, 6.45) is 3.64. The standard InChI is InChI=1S/C18H16Cl2N2O4S/c19-10-5-3-6-11(20)15(10)18(25)26-8-13(23)22-17-14(16(21)24)9-4-1-2-7-12(9)27-17/h3,5-6H,1-2,4,7-8H2,(H2,21,24)(H,22,23). The molecule has 2 amide bonds. The SMILES string of the molecule is NC(=O)c1c(NC(=O)COC(=O)c2c(Cl)cccc2Cl)sc2c1CCCC2. The molecule has 1 aromatic carbocycles. The van der Waals surface area contributed by atoms with E-state index in [0.29, 0.717) is 10.6 Å². The van der Waals surface area contributed by atoms with Gasteiger partial charge < -0.3 is 15.8 Å². The highest BCUT2D eigenvalue weighted by Gasteiger charge is 2.25. The fourth-order valence-corrected chi connectivity index (χ4v) is 4.84. The number of ether oxygens (including phenoxy) is 1. The van der Waals surface area contributed by atoms with Crippen molar-refractivity contribution in [2.24, 2.45) is 5.73 Å². The second-order valence-corrected chi connectivity index (χ2v) is 7.92. The summed E-state index contributed by atoms with van der Waals surface area (Å²) in [5.41, 5.74) is 6.75. The van der Waals surface area contributed by atoms with Crippen LogP contribution in [0.3, 0.4) is 0 Å². The molecule has 0 saturated carbocycles. The minimum atomic E-state index is -0.804.